The molecule has 0 aliphatic heterocycles. The third-order valence-electron chi connectivity index (χ3n) is 3.04. The lowest BCUT2D eigenvalue weighted by Crippen LogP contribution is -2.40. The highest BCUT2D eigenvalue weighted by Crippen LogP contribution is 2.36. The molecule has 0 saturated carbocycles. The summed E-state index contributed by atoms with van der Waals surface area (Å²) in [6, 6.07) is 0. The van der Waals surface area contributed by atoms with Gasteiger partial charge in [0.15, 0.2) is 8.32 Å². The molecular weight excluding hydrogens is 216 g/mol. The molecule has 0 rings (SSSR count). The quantitative estimate of drug-likeness (QED) is 0.439. The van der Waals surface area contributed by atoms with E-state index in [-0.39, 0.29) is 11.6 Å². The molecule has 0 aliphatic carbocycles. The van der Waals surface area contributed by atoms with Gasteiger partial charge in [0.05, 0.1) is 6.61 Å². The van der Waals surface area contributed by atoms with Crippen molar-refractivity contribution >= 4 is 8.32 Å². The van der Waals surface area contributed by atoms with Crippen LogP contribution in [0.2, 0.25) is 18.1 Å². The Bertz CT molecular complexity index is 237. The van der Waals surface area contributed by atoms with Gasteiger partial charge in [-0.3, -0.25) is 0 Å². The molecule has 0 fully saturated rings. The average molecular weight is 242 g/mol. The molecule has 1 N–H and O–H groups in total. The van der Waals surface area contributed by atoms with Crippen LogP contribution in [-0.2, 0) is 4.43 Å². The minimum Gasteiger partial charge on any atom is -0.417 e. The van der Waals surface area contributed by atoms with E-state index in [9.17, 15) is 0 Å². The second-order valence-electron chi connectivity index (χ2n) is 5.44. The molecule has 0 spiro atoms. The minimum absolute atomic E-state index is 0.102. The lowest BCUT2D eigenvalue weighted by atomic mass is 10.2. The standard InChI is InChI=1S/C13H26O2Si/c1-13(2,3)16(4,5)15-12-10-8-6-7-9-11-14/h6-9,14H,10-12H2,1-5H3/b8-6+,9-7+. The van der Waals surface area contributed by atoms with Gasteiger partial charge in [0, 0.05) is 6.61 Å². The molecule has 0 aromatic heterocycles. The van der Waals surface area contributed by atoms with E-state index >= 15 is 0 Å². The van der Waals surface area contributed by atoms with E-state index in [0.717, 1.165) is 13.0 Å². The van der Waals surface area contributed by atoms with E-state index < -0.39 is 8.32 Å². The second-order valence-corrected chi connectivity index (χ2v) is 10.2. The lowest BCUT2D eigenvalue weighted by molar-refractivity contribution is 0.294. The van der Waals surface area contributed by atoms with Crippen LogP contribution in [0.15, 0.2) is 24.3 Å². The van der Waals surface area contributed by atoms with E-state index in [1.54, 1.807) is 6.08 Å². The van der Waals surface area contributed by atoms with Crippen molar-refractivity contribution in [3.05, 3.63) is 24.3 Å². The largest absolute Gasteiger partial charge is 0.417 e. The normalized spacial score (nSPS) is 14.1. The smallest absolute Gasteiger partial charge is 0.191 e. The summed E-state index contributed by atoms with van der Waals surface area (Å²) >= 11 is 0. The van der Waals surface area contributed by atoms with Crippen LogP contribution in [0.25, 0.3) is 0 Å². The summed E-state index contributed by atoms with van der Waals surface area (Å²) in [6.45, 7) is 12.2. The molecule has 0 atom stereocenters. The molecule has 0 radical (unpaired) electrons. The molecule has 0 amide bonds. The van der Waals surface area contributed by atoms with Crippen LogP contribution in [-0.4, -0.2) is 26.6 Å². The third kappa shape index (κ3) is 6.25. The van der Waals surface area contributed by atoms with E-state index in [1.807, 2.05) is 12.2 Å². The Morgan fingerprint density at radius 3 is 2.19 bits per heavy atom. The zero-order chi connectivity index (χ0) is 12.7. The number of hydrogen-bond acceptors (Lipinski definition) is 2. The number of aliphatic hydroxyl groups excluding tert-OH is 1. The highest BCUT2D eigenvalue weighted by molar-refractivity contribution is 6.74. The number of hydrogen-bond donors (Lipinski definition) is 1. The summed E-state index contributed by atoms with van der Waals surface area (Å²) in [6.07, 6.45) is 8.52. The molecule has 0 saturated heterocycles. The van der Waals surface area contributed by atoms with Crippen molar-refractivity contribution in [2.24, 2.45) is 0 Å². The predicted molar refractivity (Wildman–Crippen MR) is 73.1 cm³/mol. The molecule has 0 aromatic rings. The van der Waals surface area contributed by atoms with Gasteiger partial charge >= 0.3 is 0 Å². The van der Waals surface area contributed by atoms with Crippen molar-refractivity contribution in [2.75, 3.05) is 13.2 Å². The summed E-state index contributed by atoms with van der Waals surface area (Å²) in [7, 11) is -1.57. The van der Waals surface area contributed by atoms with Crippen LogP contribution in [0, 0.1) is 0 Å². The summed E-state index contributed by atoms with van der Waals surface area (Å²) in [5.74, 6) is 0. The Balaban J connectivity index is 3.83. The summed E-state index contributed by atoms with van der Waals surface area (Å²) < 4.78 is 6.01. The van der Waals surface area contributed by atoms with Gasteiger partial charge in [-0.2, -0.15) is 0 Å². The van der Waals surface area contributed by atoms with Gasteiger partial charge in [-0.1, -0.05) is 45.1 Å². The number of rotatable bonds is 6. The van der Waals surface area contributed by atoms with Crippen molar-refractivity contribution in [3.8, 4) is 0 Å². The van der Waals surface area contributed by atoms with Crippen LogP contribution >= 0.6 is 0 Å². The Hall–Kier alpha value is -0.383. The first-order chi connectivity index (χ1) is 7.31. The Morgan fingerprint density at radius 1 is 1.12 bits per heavy atom. The van der Waals surface area contributed by atoms with Gasteiger partial charge in [-0.15, -0.1) is 0 Å². The van der Waals surface area contributed by atoms with Crippen LogP contribution in [0.4, 0.5) is 0 Å². The SMILES string of the molecule is CC(C)(C)[Si](C)(C)OCC/C=C/C=C/CO. The van der Waals surface area contributed by atoms with Gasteiger partial charge in [0.2, 0.25) is 0 Å². The molecule has 0 bridgehead atoms. The van der Waals surface area contributed by atoms with Gasteiger partial charge < -0.3 is 9.53 Å². The first-order valence-electron chi connectivity index (χ1n) is 5.88. The minimum atomic E-state index is -1.57. The molecule has 16 heavy (non-hydrogen) atoms. The number of aliphatic hydroxyl groups is 1. The van der Waals surface area contributed by atoms with E-state index in [1.165, 1.54) is 0 Å². The van der Waals surface area contributed by atoms with Crippen LogP contribution in [0.5, 0.6) is 0 Å². The maximum Gasteiger partial charge on any atom is 0.191 e. The van der Waals surface area contributed by atoms with E-state index in [4.69, 9.17) is 9.53 Å². The van der Waals surface area contributed by atoms with Gasteiger partial charge in [0.1, 0.15) is 0 Å². The fourth-order valence-corrected chi connectivity index (χ4v) is 1.97. The summed E-state index contributed by atoms with van der Waals surface area (Å²) in [5.41, 5.74) is 0. The Morgan fingerprint density at radius 2 is 1.69 bits per heavy atom. The highest BCUT2D eigenvalue weighted by Gasteiger charge is 2.36. The lowest BCUT2D eigenvalue weighted by Gasteiger charge is -2.36. The van der Waals surface area contributed by atoms with Gasteiger partial charge in [-0.05, 0) is 24.6 Å². The molecular formula is C13H26O2Si. The maximum atomic E-state index is 8.53. The number of allylic oxidation sites excluding steroid dienone is 2. The molecule has 3 heteroatoms. The van der Waals surface area contributed by atoms with Crippen molar-refractivity contribution in [2.45, 2.75) is 45.3 Å². The van der Waals surface area contributed by atoms with Crippen molar-refractivity contribution < 1.29 is 9.53 Å². The summed E-state index contributed by atoms with van der Waals surface area (Å²) in [4.78, 5) is 0. The topological polar surface area (TPSA) is 29.5 Å². The van der Waals surface area contributed by atoms with Crippen LogP contribution in [0.1, 0.15) is 27.2 Å². The summed E-state index contributed by atoms with van der Waals surface area (Å²) in [5, 5.41) is 8.81. The molecule has 0 aliphatic rings. The first-order valence-corrected chi connectivity index (χ1v) is 8.78. The molecule has 94 valence electrons. The molecule has 2 nitrogen and oxygen atoms in total. The van der Waals surface area contributed by atoms with Crippen molar-refractivity contribution in [1.82, 2.24) is 0 Å². The zero-order valence-corrected chi connectivity index (χ0v) is 12.3. The second kappa shape index (κ2) is 7.04. The Labute approximate surface area is 101 Å². The van der Waals surface area contributed by atoms with Crippen molar-refractivity contribution in [1.29, 1.82) is 0 Å². The zero-order valence-electron chi connectivity index (χ0n) is 11.3. The first kappa shape index (κ1) is 15.6. The molecule has 0 unspecified atom stereocenters. The van der Waals surface area contributed by atoms with Crippen LogP contribution < -0.4 is 0 Å². The fourth-order valence-electron chi connectivity index (χ4n) is 0.913. The monoisotopic (exact) mass is 242 g/mol. The third-order valence-corrected chi connectivity index (χ3v) is 7.58. The van der Waals surface area contributed by atoms with Gasteiger partial charge in [0.25, 0.3) is 0 Å². The van der Waals surface area contributed by atoms with Crippen molar-refractivity contribution in [3.63, 3.8) is 0 Å². The van der Waals surface area contributed by atoms with Gasteiger partial charge in [-0.25, -0.2) is 0 Å². The molecule has 0 aromatic carbocycles. The average Bonchev–Trinajstić information content (AvgIpc) is 2.14. The van der Waals surface area contributed by atoms with Crippen LogP contribution in [0.3, 0.4) is 0 Å². The Kier molecular flexibility index (Phi) is 6.87. The van der Waals surface area contributed by atoms with E-state index in [0.29, 0.717) is 0 Å². The molecule has 0 heterocycles. The maximum absolute atomic E-state index is 8.53. The predicted octanol–water partition coefficient (Wildman–Crippen LogP) is 3.50. The fraction of sp³-hybridized carbons (Fsp3) is 0.692. The highest BCUT2D eigenvalue weighted by atomic mass is 28.4. The van der Waals surface area contributed by atoms with E-state index in [2.05, 4.69) is 39.9 Å².